The maximum absolute atomic E-state index is 11.8. The lowest BCUT2D eigenvalue weighted by Crippen LogP contribution is -2.33. The fraction of sp³-hybridized carbons (Fsp3) is 0.429. The predicted molar refractivity (Wildman–Crippen MR) is 69.0 cm³/mol. The van der Waals surface area contributed by atoms with Crippen LogP contribution in [0, 0.1) is 12.8 Å². The summed E-state index contributed by atoms with van der Waals surface area (Å²) in [4.78, 5) is 22.8. The van der Waals surface area contributed by atoms with E-state index >= 15 is 0 Å². The van der Waals surface area contributed by atoms with Gasteiger partial charge < -0.3 is 10.6 Å². The van der Waals surface area contributed by atoms with Crippen molar-refractivity contribution in [1.82, 2.24) is 10.6 Å². The molecule has 1 aliphatic heterocycles. The van der Waals surface area contributed by atoms with Crippen molar-refractivity contribution in [1.29, 1.82) is 0 Å². The number of aryl methyl sites for hydroxylation is 1. The van der Waals surface area contributed by atoms with Crippen LogP contribution in [0.15, 0.2) is 24.3 Å². The van der Waals surface area contributed by atoms with Gasteiger partial charge in [0, 0.05) is 19.5 Å². The van der Waals surface area contributed by atoms with Crippen molar-refractivity contribution >= 4 is 11.8 Å². The van der Waals surface area contributed by atoms with Crippen molar-refractivity contribution in [3.63, 3.8) is 0 Å². The zero-order valence-electron chi connectivity index (χ0n) is 10.5. The number of hydrogen-bond donors (Lipinski definition) is 2. The van der Waals surface area contributed by atoms with E-state index in [4.69, 9.17) is 0 Å². The van der Waals surface area contributed by atoms with Crippen molar-refractivity contribution in [2.75, 3.05) is 13.1 Å². The number of nitrogens with one attached hydrogen (secondary N) is 2. The van der Waals surface area contributed by atoms with Gasteiger partial charge in [0.1, 0.15) is 0 Å². The summed E-state index contributed by atoms with van der Waals surface area (Å²) in [5.74, 6) is -0.259. The molecule has 0 aliphatic carbocycles. The maximum atomic E-state index is 11.8. The fourth-order valence-electron chi connectivity index (χ4n) is 2.15. The van der Waals surface area contributed by atoms with Gasteiger partial charge >= 0.3 is 0 Å². The summed E-state index contributed by atoms with van der Waals surface area (Å²) in [7, 11) is 0. The Bertz CT molecular complexity index is 457. The number of benzene rings is 1. The van der Waals surface area contributed by atoms with Crippen molar-refractivity contribution in [3.8, 4) is 0 Å². The largest absolute Gasteiger partial charge is 0.355 e. The minimum Gasteiger partial charge on any atom is -0.355 e. The van der Waals surface area contributed by atoms with Gasteiger partial charge in [-0.1, -0.05) is 24.3 Å². The van der Waals surface area contributed by atoms with Crippen LogP contribution in [0.4, 0.5) is 0 Å². The summed E-state index contributed by atoms with van der Waals surface area (Å²) in [5.41, 5.74) is 2.49. The highest BCUT2D eigenvalue weighted by molar-refractivity contribution is 5.89. The van der Waals surface area contributed by atoms with Gasteiger partial charge in [-0.3, -0.25) is 9.59 Å². The first-order chi connectivity index (χ1) is 8.66. The molecule has 1 aromatic rings. The number of hydrogen-bond acceptors (Lipinski definition) is 2. The van der Waals surface area contributed by atoms with Gasteiger partial charge in [-0.05, 0) is 24.5 Å². The van der Waals surface area contributed by atoms with Crippen molar-refractivity contribution in [3.05, 3.63) is 35.4 Å². The molecular formula is C14H18N2O2. The Morgan fingerprint density at radius 1 is 1.44 bits per heavy atom. The molecule has 2 rings (SSSR count). The van der Waals surface area contributed by atoms with Gasteiger partial charge in [0.25, 0.3) is 0 Å². The molecule has 18 heavy (non-hydrogen) atoms. The molecule has 1 aromatic carbocycles. The Labute approximate surface area is 107 Å². The molecule has 1 atom stereocenters. The third-order valence-corrected chi connectivity index (χ3v) is 3.30. The number of rotatable bonds is 4. The molecule has 1 aliphatic rings. The predicted octanol–water partition coefficient (Wildman–Crippen LogP) is 0.790. The fourth-order valence-corrected chi connectivity index (χ4v) is 2.15. The zero-order chi connectivity index (χ0) is 13.0. The van der Waals surface area contributed by atoms with E-state index in [-0.39, 0.29) is 17.7 Å². The summed E-state index contributed by atoms with van der Waals surface area (Å²) in [5, 5.41) is 5.56. The van der Waals surface area contributed by atoms with E-state index in [1.54, 1.807) is 0 Å². The van der Waals surface area contributed by atoms with Crippen molar-refractivity contribution in [2.24, 2.45) is 5.92 Å². The van der Waals surface area contributed by atoms with Gasteiger partial charge in [0.15, 0.2) is 0 Å². The second kappa shape index (κ2) is 5.67. The van der Waals surface area contributed by atoms with E-state index in [1.165, 1.54) is 11.1 Å². The van der Waals surface area contributed by atoms with Gasteiger partial charge in [-0.25, -0.2) is 0 Å². The van der Waals surface area contributed by atoms with E-state index in [0.717, 1.165) is 6.42 Å². The van der Waals surface area contributed by atoms with Crippen LogP contribution in [0.3, 0.4) is 0 Å². The first-order valence-electron chi connectivity index (χ1n) is 6.25. The number of carbonyl (C=O) groups excluding carboxylic acids is 2. The molecular weight excluding hydrogens is 228 g/mol. The average molecular weight is 246 g/mol. The topological polar surface area (TPSA) is 58.2 Å². The molecule has 2 N–H and O–H groups in total. The third-order valence-electron chi connectivity index (χ3n) is 3.30. The maximum Gasteiger partial charge on any atom is 0.225 e. The van der Waals surface area contributed by atoms with Gasteiger partial charge in [-0.15, -0.1) is 0 Å². The van der Waals surface area contributed by atoms with Crippen LogP contribution in [0.1, 0.15) is 17.5 Å². The second-order valence-corrected chi connectivity index (χ2v) is 4.67. The summed E-state index contributed by atoms with van der Waals surface area (Å²) in [6.07, 6.45) is 1.14. The van der Waals surface area contributed by atoms with E-state index in [2.05, 4.69) is 29.7 Å². The first-order valence-corrected chi connectivity index (χ1v) is 6.25. The molecule has 0 spiro atoms. The second-order valence-electron chi connectivity index (χ2n) is 4.67. The first kappa shape index (κ1) is 12.6. The number of amides is 2. The monoisotopic (exact) mass is 246 g/mol. The van der Waals surface area contributed by atoms with Gasteiger partial charge in [0.05, 0.1) is 5.92 Å². The lowest BCUT2D eigenvalue weighted by Gasteiger charge is -2.10. The highest BCUT2D eigenvalue weighted by atomic mass is 16.2. The molecule has 4 nitrogen and oxygen atoms in total. The normalized spacial score (nSPS) is 18.5. The Hall–Kier alpha value is -1.84. The van der Waals surface area contributed by atoms with Crippen LogP contribution in [-0.4, -0.2) is 24.9 Å². The van der Waals surface area contributed by atoms with E-state index in [9.17, 15) is 9.59 Å². The molecule has 0 radical (unpaired) electrons. The Morgan fingerprint density at radius 2 is 2.22 bits per heavy atom. The van der Waals surface area contributed by atoms with E-state index in [0.29, 0.717) is 19.5 Å². The van der Waals surface area contributed by atoms with Crippen LogP contribution >= 0.6 is 0 Å². The van der Waals surface area contributed by atoms with Crippen LogP contribution in [0.2, 0.25) is 0 Å². The lowest BCUT2D eigenvalue weighted by molar-refractivity contribution is -0.126. The van der Waals surface area contributed by atoms with Crippen molar-refractivity contribution in [2.45, 2.75) is 19.8 Å². The SMILES string of the molecule is Cc1ccccc1CCNC(=O)C1CNC(=O)C1. The minimum atomic E-state index is -0.200. The summed E-state index contributed by atoms with van der Waals surface area (Å²) >= 11 is 0. The highest BCUT2D eigenvalue weighted by Gasteiger charge is 2.27. The Morgan fingerprint density at radius 3 is 2.89 bits per heavy atom. The Balaban J connectivity index is 1.77. The van der Waals surface area contributed by atoms with E-state index < -0.39 is 0 Å². The molecule has 1 heterocycles. The number of carbonyl (C=O) groups is 2. The quantitative estimate of drug-likeness (QED) is 0.825. The van der Waals surface area contributed by atoms with Crippen molar-refractivity contribution < 1.29 is 9.59 Å². The summed E-state index contributed by atoms with van der Waals surface area (Å²) < 4.78 is 0. The molecule has 1 fully saturated rings. The molecule has 2 amide bonds. The summed E-state index contributed by atoms with van der Waals surface area (Å²) in [6, 6.07) is 8.15. The van der Waals surface area contributed by atoms with Crippen LogP contribution in [0.25, 0.3) is 0 Å². The van der Waals surface area contributed by atoms with Crippen LogP contribution in [-0.2, 0) is 16.0 Å². The average Bonchev–Trinajstić information content (AvgIpc) is 2.78. The highest BCUT2D eigenvalue weighted by Crippen LogP contribution is 2.09. The minimum absolute atomic E-state index is 0.0260. The zero-order valence-corrected chi connectivity index (χ0v) is 10.5. The van der Waals surface area contributed by atoms with Crippen LogP contribution in [0.5, 0.6) is 0 Å². The third kappa shape index (κ3) is 3.09. The molecule has 0 bridgehead atoms. The smallest absolute Gasteiger partial charge is 0.225 e. The van der Waals surface area contributed by atoms with E-state index in [1.807, 2.05) is 12.1 Å². The molecule has 96 valence electrons. The van der Waals surface area contributed by atoms with Crippen LogP contribution < -0.4 is 10.6 Å². The summed E-state index contributed by atoms with van der Waals surface area (Å²) in [6.45, 7) is 3.15. The van der Waals surface area contributed by atoms with Gasteiger partial charge in [-0.2, -0.15) is 0 Å². The van der Waals surface area contributed by atoms with Gasteiger partial charge in [0.2, 0.25) is 11.8 Å². The molecule has 1 saturated heterocycles. The molecule has 0 saturated carbocycles. The lowest BCUT2D eigenvalue weighted by atomic mass is 10.1. The molecule has 1 unspecified atom stereocenters. The molecule has 0 aromatic heterocycles. The Kier molecular flexibility index (Phi) is 3.97. The molecule has 4 heteroatoms. The standard InChI is InChI=1S/C14H18N2O2/c1-10-4-2-3-5-11(10)6-7-15-14(18)12-8-13(17)16-9-12/h2-5,12H,6-9H2,1H3,(H,15,18)(H,16,17).